The number of halogens is 3. The first-order valence-corrected chi connectivity index (χ1v) is 8.34. The molecule has 2 aromatic heterocycles. The molecule has 0 radical (unpaired) electrons. The molecule has 0 spiro atoms. The average molecular weight is 367 g/mol. The molecule has 140 valence electrons. The summed E-state index contributed by atoms with van der Waals surface area (Å²) in [6.45, 7) is 1.27. The molecule has 3 rings (SSSR count). The number of hydrogen-bond donors (Lipinski definition) is 1. The molecule has 1 fully saturated rings. The second-order valence-electron chi connectivity index (χ2n) is 6.29. The van der Waals surface area contributed by atoms with Gasteiger partial charge in [0.15, 0.2) is 0 Å². The maximum absolute atomic E-state index is 12.6. The summed E-state index contributed by atoms with van der Waals surface area (Å²) in [5.74, 6) is 0.633. The van der Waals surface area contributed by atoms with Gasteiger partial charge < -0.3 is 14.7 Å². The van der Waals surface area contributed by atoms with Gasteiger partial charge in [0.1, 0.15) is 11.4 Å². The Morgan fingerprint density at radius 1 is 1.19 bits per heavy atom. The first-order valence-electron chi connectivity index (χ1n) is 8.34. The molecule has 1 aliphatic rings. The van der Waals surface area contributed by atoms with Crippen LogP contribution in [0.15, 0.2) is 36.8 Å². The van der Waals surface area contributed by atoms with Crippen LogP contribution in [0.3, 0.4) is 0 Å². The topological polar surface area (TPSA) is 58.5 Å². The molecule has 0 bridgehead atoms. The molecule has 26 heavy (non-hydrogen) atoms. The predicted molar refractivity (Wildman–Crippen MR) is 89.9 cm³/mol. The van der Waals surface area contributed by atoms with Crippen molar-refractivity contribution in [3.63, 3.8) is 0 Å². The zero-order chi connectivity index (χ0) is 18.7. The first kappa shape index (κ1) is 18.4. The highest BCUT2D eigenvalue weighted by Crippen LogP contribution is 2.36. The molecule has 1 N–H and O–H groups in total. The molecule has 5 nitrogen and oxygen atoms in total. The maximum Gasteiger partial charge on any atom is 0.433 e. The lowest BCUT2D eigenvalue weighted by molar-refractivity contribution is -0.141. The number of ether oxygens (including phenoxy) is 1. The fraction of sp³-hybridized carbons (Fsp3) is 0.444. The van der Waals surface area contributed by atoms with Gasteiger partial charge >= 0.3 is 6.18 Å². The van der Waals surface area contributed by atoms with E-state index in [1.165, 1.54) is 12.3 Å². The van der Waals surface area contributed by atoms with E-state index in [0.29, 0.717) is 42.9 Å². The Bertz CT molecular complexity index is 729. The van der Waals surface area contributed by atoms with E-state index in [0.717, 1.165) is 6.07 Å². The fourth-order valence-electron chi connectivity index (χ4n) is 3.27. The van der Waals surface area contributed by atoms with Crippen LogP contribution in [-0.4, -0.2) is 35.3 Å². The zero-order valence-electron chi connectivity index (χ0n) is 14.3. The smallest absolute Gasteiger partial charge is 0.433 e. The van der Waals surface area contributed by atoms with E-state index in [4.69, 9.17) is 4.74 Å². The number of nitrogens with zero attached hydrogens (tertiary/aromatic N) is 3. The summed E-state index contributed by atoms with van der Waals surface area (Å²) in [6, 6.07) is 4.15. The molecule has 1 saturated heterocycles. The van der Waals surface area contributed by atoms with E-state index in [1.807, 2.05) is 4.90 Å². The lowest BCUT2D eigenvalue weighted by atomic mass is 9.87. The van der Waals surface area contributed by atoms with Gasteiger partial charge in [0.05, 0.1) is 25.1 Å². The van der Waals surface area contributed by atoms with Crippen LogP contribution in [-0.2, 0) is 6.18 Å². The third-order valence-corrected chi connectivity index (χ3v) is 4.74. The quantitative estimate of drug-likeness (QED) is 0.897. The van der Waals surface area contributed by atoms with E-state index in [9.17, 15) is 18.3 Å². The molecule has 2 aromatic rings. The Hall–Kier alpha value is -2.35. The van der Waals surface area contributed by atoms with Crippen LogP contribution in [0.25, 0.3) is 0 Å². The van der Waals surface area contributed by atoms with Gasteiger partial charge in [-0.3, -0.25) is 4.98 Å². The number of aromatic nitrogens is 2. The molecule has 8 heteroatoms. The van der Waals surface area contributed by atoms with E-state index in [-0.39, 0.29) is 5.92 Å². The summed E-state index contributed by atoms with van der Waals surface area (Å²) < 4.78 is 43.1. The number of aliphatic hydroxyl groups excluding tert-OH is 1. The Balaban J connectivity index is 1.64. The van der Waals surface area contributed by atoms with Crippen LogP contribution in [0.5, 0.6) is 5.75 Å². The zero-order valence-corrected chi connectivity index (χ0v) is 14.3. The van der Waals surface area contributed by atoms with Crippen LogP contribution in [0.2, 0.25) is 0 Å². The SMILES string of the molecule is COc1ccncc1C(O)C1CCN(c2ccc(C(F)(F)F)nc2)CC1. The van der Waals surface area contributed by atoms with Gasteiger partial charge in [0.25, 0.3) is 0 Å². The summed E-state index contributed by atoms with van der Waals surface area (Å²) >= 11 is 0. The second-order valence-corrected chi connectivity index (χ2v) is 6.29. The van der Waals surface area contributed by atoms with Crippen molar-refractivity contribution >= 4 is 5.69 Å². The Morgan fingerprint density at radius 3 is 2.50 bits per heavy atom. The molecule has 1 atom stereocenters. The highest BCUT2D eigenvalue weighted by Gasteiger charge is 2.33. The summed E-state index contributed by atoms with van der Waals surface area (Å²) in [6.07, 6.45) is 0.764. The summed E-state index contributed by atoms with van der Waals surface area (Å²) in [5, 5.41) is 10.7. The molecule has 1 aliphatic heterocycles. The minimum atomic E-state index is -4.43. The molecule has 1 unspecified atom stereocenters. The minimum Gasteiger partial charge on any atom is -0.496 e. The van der Waals surface area contributed by atoms with E-state index < -0.39 is 18.0 Å². The third-order valence-electron chi connectivity index (χ3n) is 4.74. The van der Waals surface area contributed by atoms with Crippen molar-refractivity contribution in [2.24, 2.45) is 5.92 Å². The van der Waals surface area contributed by atoms with Crippen LogP contribution < -0.4 is 9.64 Å². The number of aliphatic hydroxyl groups is 1. The molecule has 0 saturated carbocycles. The number of hydrogen-bond acceptors (Lipinski definition) is 5. The number of piperidine rings is 1. The van der Waals surface area contributed by atoms with Gasteiger partial charge in [-0.05, 0) is 37.0 Å². The Kier molecular flexibility index (Phi) is 5.31. The van der Waals surface area contributed by atoms with E-state index >= 15 is 0 Å². The van der Waals surface area contributed by atoms with Gasteiger partial charge in [-0.2, -0.15) is 13.2 Å². The van der Waals surface area contributed by atoms with Crippen LogP contribution in [0, 0.1) is 5.92 Å². The molecule has 3 heterocycles. The highest BCUT2D eigenvalue weighted by molar-refractivity contribution is 5.45. The van der Waals surface area contributed by atoms with Crippen LogP contribution in [0.1, 0.15) is 30.2 Å². The molecular formula is C18H20F3N3O2. The van der Waals surface area contributed by atoms with Gasteiger partial charge in [0, 0.05) is 31.0 Å². The number of rotatable bonds is 4. The highest BCUT2D eigenvalue weighted by atomic mass is 19.4. The summed E-state index contributed by atoms with van der Waals surface area (Å²) in [7, 11) is 1.55. The first-order chi connectivity index (χ1) is 12.4. The Morgan fingerprint density at radius 2 is 1.92 bits per heavy atom. The molecule has 0 amide bonds. The van der Waals surface area contributed by atoms with Crippen molar-refractivity contribution in [2.45, 2.75) is 25.1 Å². The number of methoxy groups -OCH3 is 1. The van der Waals surface area contributed by atoms with Crippen molar-refractivity contribution in [3.05, 3.63) is 48.0 Å². The maximum atomic E-state index is 12.6. The summed E-state index contributed by atoms with van der Waals surface area (Å²) in [4.78, 5) is 9.54. The van der Waals surface area contributed by atoms with Crippen LogP contribution in [0.4, 0.5) is 18.9 Å². The van der Waals surface area contributed by atoms with Crippen molar-refractivity contribution < 1.29 is 23.0 Å². The lowest BCUT2D eigenvalue weighted by Crippen LogP contribution is -2.35. The molecular weight excluding hydrogens is 347 g/mol. The number of pyridine rings is 2. The van der Waals surface area contributed by atoms with Crippen LogP contribution >= 0.6 is 0 Å². The predicted octanol–water partition coefficient (Wildman–Crippen LogP) is 3.45. The van der Waals surface area contributed by atoms with Gasteiger partial charge in [-0.25, -0.2) is 4.98 Å². The van der Waals surface area contributed by atoms with E-state index in [2.05, 4.69) is 9.97 Å². The lowest BCUT2D eigenvalue weighted by Gasteiger charge is -2.35. The summed E-state index contributed by atoms with van der Waals surface area (Å²) in [5.41, 5.74) is 0.421. The van der Waals surface area contributed by atoms with Gasteiger partial charge in [-0.1, -0.05) is 0 Å². The van der Waals surface area contributed by atoms with Crippen molar-refractivity contribution in [1.29, 1.82) is 0 Å². The standard InChI is InChI=1S/C18H20F3N3O2/c1-26-15-4-7-22-11-14(15)17(25)12-5-8-24(9-6-12)13-2-3-16(23-10-13)18(19,20)21/h2-4,7,10-12,17,25H,5-6,8-9H2,1H3. The van der Waals surface area contributed by atoms with Gasteiger partial charge in [0.2, 0.25) is 0 Å². The normalized spacial score (nSPS) is 17.2. The average Bonchev–Trinajstić information content (AvgIpc) is 2.67. The monoisotopic (exact) mass is 367 g/mol. The fourth-order valence-corrected chi connectivity index (χ4v) is 3.27. The molecule has 0 aliphatic carbocycles. The van der Waals surface area contributed by atoms with Crippen molar-refractivity contribution in [2.75, 3.05) is 25.1 Å². The number of anilines is 1. The molecule has 0 aromatic carbocycles. The largest absolute Gasteiger partial charge is 0.496 e. The third kappa shape index (κ3) is 3.90. The van der Waals surface area contributed by atoms with Crippen molar-refractivity contribution in [1.82, 2.24) is 9.97 Å². The van der Waals surface area contributed by atoms with Gasteiger partial charge in [-0.15, -0.1) is 0 Å². The van der Waals surface area contributed by atoms with Crippen molar-refractivity contribution in [3.8, 4) is 5.75 Å². The number of alkyl halides is 3. The minimum absolute atomic E-state index is 0.0340. The van der Waals surface area contributed by atoms with E-state index in [1.54, 1.807) is 25.6 Å². The Labute approximate surface area is 149 Å². The second kappa shape index (κ2) is 7.49.